The average molecular weight is 377 g/mol. The van der Waals surface area contributed by atoms with Gasteiger partial charge >= 0.3 is 0 Å². The molecule has 2 rings (SSSR count). The normalized spacial score (nSPS) is 11.2. The standard InChI is InChI=1S/C17H23N5O3S/c1-2-3-11-19-16-9-8-15(21-22-16)17(23)20-12-10-13-4-6-14(7-5-13)26(18,24)25/h4-9H,2-3,10-12H2,1H3,(H,19,22)(H,20,23)(H2,18,24,25). The van der Waals surface area contributed by atoms with Crippen molar-refractivity contribution in [2.24, 2.45) is 5.14 Å². The maximum atomic E-state index is 12.1. The molecule has 0 radical (unpaired) electrons. The summed E-state index contributed by atoms with van der Waals surface area (Å²) in [6.07, 6.45) is 2.69. The van der Waals surface area contributed by atoms with E-state index in [0.29, 0.717) is 18.8 Å². The number of nitrogens with zero attached hydrogens (tertiary/aromatic N) is 2. The van der Waals surface area contributed by atoms with Gasteiger partial charge in [-0.1, -0.05) is 25.5 Å². The highest BCUT2D eigenvalue weighted by atomic mass is 32.2. The lowest BCUT2D eigenvalue weighted by atomic mass is 10.1. The van der Waals surface area contributed by atoms with Crippen LogP contribution in [0.25, 0.3) is 0 Å². The van der Waals surface area contributed by atoms with Gasteiger partial charge in [-0.05, 0) is 42.7 Å². The van der Waals surface area contributed by atoms with Gasteiger partial charge in [0.05, 0.1) is 4.90 Å². The summed E-state index contributed by atoms with van der Waals surface area (Å²) in [5, 5.41) is 18.8. The number of amides is 1. The van der Waals surface area contributed by atoms with E-state index >= 15 is 0 Å². The van der Waals surface area contributed by atoms with Gasteiger partial charge in [-0.3, -0.25) is 4.79 Å². The number of sulfonamides is 1. The number of benzene rings is 1. The van der Waals surface area contributed by atoms with Crippen molar-refractivity contribution in [1.29, 1.82) is 0 Å². The molecule has 0 aliphatic heterocycles. The predicted octanol–water partition coefficient (Wildman–Crippen LogP) is 1.31. The minimum absolute atomic E-state index is 0.0631. The first-order chi connectivity index (χ1) is 12.4. The molecule has 0 aliphatic carbocycles. The summed E-state index contributed by atoms with van der Waals surface area (Å²) in [5.41, 5.74) is 1.13. The summed E-state index contributed by atoms with van der Waals surface area (Å²) in [7, 11) is -3.69. The van der Waals surface area contributed by atoms with Crippen LogP contribution in [-0.4, -0.2) is 37.6 Å². The second kappa shape index (κ2) is 9.25. The zero-order valence-electron chi connectivity index (χ0n) is 14.6. The molecular weight excluding hydrogens is 354 g/mol. The van der Waals surface area contributed by atoms with E-state index in [2.05, 4.69) is 27.8 Å². The Balaban J connectivity index is 1.81. The van der Waals surface area contributed by atoms with Crippen LogP contribution in [-0.2, 0) is 16.4 Å². The molecule has 140 valence electrons. The number of nitrogens with one attached hydrogen (secondary N) is 2. The molecule has 0 spiro atoms. The van der Waals surface area contributed by atoms with Gasteiger partial charge in [0.1, 0.15) is 5.82 Å². The SMILES string of the molecule is CCCCNc1ccc(C(=O)NCCc2ccc(S(N)(=O)=O)cc2)nn1. The number of hydrogen-bond acceptors (Lipinski definition) is 6. The molecule has 1 heterocycles. The van der Waals surface area contributed by atoms with Crippen LogP contribution in [0.1, 0.15) is 35.8 Å². The third-order valence-electron chi connectivity index (χ3n) is 3.68. The molecule has 0 aliphatic rings. The molecule has 4 N–H and O–H groups in total. The number of aromatic nitrogens is 2. The Bertz CT molecular complexity index is 820. The molecule has 0 unspecified atom stereocenters. The second-order valence-electron chi connectivity index (χ2n) is 5.78. The topological polar surface area (TPSA) is 127 Å². The van der Waals surface area contributed by atoms with E-state index in [1.165, 1.54) is 12.1 Å². The predicted molar refractivity (Wildman–Crippen MR) is 99.3 cm³/mol. The lowest BCUT2D eigenvalue weighted by Gasteiger charge is -2.07. The molecule has 0 saturated heterocycles. The summed E-state index contributed by atoms with van der Waals surface area (Å²) in [6.45, 7) is 3.32. The van der Waals surface area contributed by atoms with Crippen molar-refractivity contribution in [2.45, 2.75) is 31.1 Å². The molecule has 0 bridgehead atoms. The van der Waals surface area contributed by atoms with Crippen LogP contribution in [0.4, 0.5) is 5.82 Å². The van der Waals surface area contributed by atoms with Crippen molar-refractivity contribution < 1.29 is 13.2 Å². The van der Waals surface area contributed by atoms with E-state index in [9.17, 15) is 13.2 Å². The van der Waals surface area contributed by atoms with Crippen LogP contribution >= 0.6 is 0 Å². The Labute approximate surface area is 153 Å². The lowest BCUT2D eigenvalue weighted by Crippen LogP contribution is -2.26. The highest BCUT2D eigenvalue weighted by Gasteiger charge is 2.09. The van der Waals surface area contributed by atoms with Gasteiger partial charge in [-0.15, -0.1) is 10.2 Å². The van der Waals surface area contributed by atoms with Gasteiger partial charge < -0.3 is 10.6 Å². The quantitative estimate of drug-likeness (QED) is 0.565. The van der Waals surface area contributed by atoms with Crippen molar-refractivity contribution in [1.82, 2.24) is 15.5 Å². The number of primary sulfonamides is 1. The van der Waals surface area contributed by atoms with Gasteiger partial charge in [0.2, 0.25) is 10.0 Å². The fourth-order valence-corrected chi connectivity index (χ4v) is 2.71. The van der Waals surface area contributed by atoms with Crippen molar-refractivity contribution in [2.75, 3.05) is 18.4 Å². The molecule has 26 heavy (non-hydrogen) atoms. The number of nitrogens with two attached hydrogens (primary N) is 1. The first-order valence-corrected chi connectivity index (χ1v) is 9.92. The average Bonchev–Trinajstić information content (AvgIpc) is 2.62. The molecular formula is C17H23N5O3S. The molecule has 0 atom stereocenters. The summed E-state index contributed by atoms with van der Waals surface area (Å²) < 4.78 is 22.4. The van der Waals surface area contributed by atoms with Crippen LogP contribution < -0.4 is 15.8 Å². The van der Waals surface area contributed by atoms with Crippen molar-refractivity contribution >= 4 is 21.7 Å². The van der Waals surface area contributed by atoms with E-state index in [0.717, 1.165) is 24.9 Å². The maximum absolute atomic E-state index is 12.1. The van der Waals surface area contributed by atoms with Crippen molar-refractivity contribution in [3.63, 3.8) is 0 Å². The van der Waals surface area contributed by atoms with Crippen molar-refractivity contribution in [3.8, 4) is 0 Å². The van der Waals surface area contributed by atoms with Crippen LogP contribution in [0.3, 0.4) is 0 Å². The molecule has 0 fully saturated rings. The molecule has 1 aromatic carbocycles. The Kier molecular flexibility index (Phi) is 7.05. The third-order valence-corrected chi connectivity index (χ3v) is 4.61. The number of anilines is 1. The van der Waals surface area contributed by atoms with E-state index < -0.39 is 10.0 Å². The fourth-order valence-electron chi connectivity index (χ4n) is 2.20. The smallest absolute Gasteiger partial charge is 0.271 e. The van der Waals surface area contributed by atoms with Crippen LogP contribution in [0.15, 0.2) is 41.3 Å². The fraction of sp³-hybridized carbons (Fsp3) is 0.353. The summed E-state index contributed by atoms with van der Waals surface area (Å²) in [6, 6.07) is 9.58. The molecule has 1 aromatic heterocycles. The number of unbranched alkanes of at least 4 members (excludes halogenated alkanes) is 1. The van der Waals surface area contributed by atoms with Crippen LogP contribution in [0, 0.1) is 0 Å². The maximum Gasteiger partial charge on any atom is 0.271 e. The van der Waals surface area contributed by atoms with Gasteiger partial charge in [0.25, 0.3) is 5.91 Å². The monoisotopic (exact) mass is 377 g/mol. The highest BCUT2D eigenvalue weighted by Crippen LogP contribution is 2.09. The Morgan fingerprint density at radius 1 is 1.08 bits per heavy atom. The first kappa shape index (κ1) is 19.8. The van der Waals surface area contributed by atoms with E-state index in [1.807, 2.05) is 0 Å². The summed E-state index contributed by atoms with van der Waals surface area (Å²) in [5.74, 6) is 0.337. The molecule has 8 nitrogen and oxygen atoms in total. The zero-order valence-corrected chi connectivity index (χ0v) is 15.4. The van der Waals surface area contributed by atoms with E-state index in [1.54, 1.807) is 24.3 Å². The molecule has 1 amide bonds. The highest BCUT2D eigenvalue weighted by molar-refractivity contribution is 7.89. The van der Waals surface area contributed by atoms with Gasteiger partial charge in [-0.25, -0.2) is 13.6 Å². The Hall–Kier alpha value is -2.52. The minimum atomic E-state index is -3.69. The number of hydrogen-bond donors (Lipinski definition) is 3. The van der Waals surface area contributed by atoms with E-state index in [-0.39, 0.29) is 16.5 Å². The molecule has 0 saturated carbocycles. The van der Waals surface area contributed by atoms with Crippen LogP contribution in [0.5, 0.6) is 0 Å². The van der Waals surface area contributed by atoms with Crippen molar-refractivity contribution in [3.05, 3.63) is 47.7 Å². The van der Waals surface area contributed by atoms with Gasteiger partial charge in [0.15, 0.2) is 5.69 Å². The van der Waals surface area contributed by atoms with E-state index in [4.69, 9.17) is 5.14 Å². The molecule has 2 aromatic rings. The second-order valence-corrected chi connectivity index (χ2v) is 7.34. The zero-order chi connectivity index (χ0) is 19.0. The van der Waals surface area contributed by atoms with Gasteiger partial charge in [0, 0.05) is 13.1 Å². The lowest BCUT2D eigenvalue weighted by molar-refractivity contribution is 0.0948. The Morgan fingerprint density at radius 3 is 2.38 bits per heavy atom. The first-order valence-electron chi connectivity index (χ1n) is 8.37. The number of carbonyl (C=O) groups excluding carboxylic acids is 1. The largest absolute Gasteiger partial charge is 0.369 e. The minimum Gasteiger partial charge on any atom is -0.369 e. The Morgan fingerprint density at radius 2 is 1.81 bits per heavy atom. The summed E-state index contributed by atoms with van der Waals surface area (Å²) >= 11 is 0. The third kappa shape index (κ3) is 6.08. The summed E-state index contributed by atoms with van der Waals surface area (Å²) in [4.78, 5) is 12.1. The van der Waals surface area contributed by atoms with Gasteiger partial charge in [-0.2, -0.15) is 0 Å². The number of carbonyl (C=O) groups is 1. The number of rotatable bonds is 9. The van der Waals surface area contributed by atoms with Crippen LogP contribution in [0.2, 0.25) is 0 Å². The molecule has 9 heteroatoms.